The Morgan fingerprint density at radius 1 is 1.18 bits per heavy atom. The Morgan fingerprint density at radius 3 is 2.27 bits per heavy atom. The van der Waals surface area contributed by atoms with Crippen LogP contribution in [-0.4, -0.2) is 35.1 Å². The van der Waals surface area contributed by atoms with E-state index in [4.69, 9.17) is 9.47 Å². The highest BCUT2D eigenvalue weighted by Gasteiger charge is 2.40. The molecule has 0 aromatic heterocycles. The van der Waals surface area contributed by atoms with Gasteiger partial charge in [-0.1, -0.05) is 0 Å². The summed E-state index contributed by atoms with van der Waals surface area (Å²) >= 11 is 3.96. The van der Waals surface area contributed by atoms with Crippen LogP contribution in [0, 0.1) is 0 Å². The second-order valence-electron chi connectivity index (χ2n) is 2.80. The highest BCUT2D eigenvalue weighted by atomic mass is 32.2. The van der Waals surface area contributed by atoms with Crippen LogP contribution in [0.15, 0.2) is 0 Å². The zero-order chi connectivity index (χ0) is 7.73. The third kappa shape index (κ3) is 1.69. The van der Waals surface area contributed by atoms with Crippen LogP contribution in [0.4, 0.5) is 0 Å². The van der Waals surface area contributed by atoms with E-state index >= 15 is 0 Å². The molecule has 0 radical (unpaired) electrons. The fourth-order valence-corrected chi connectivity index (χ4v) is 4.09. The highest BCUT2D eigenvalue weighted by molar-refractivity contribution is 8.21. The minimum atomic E-state index is 0.00225. The normalized spacial score (nSPS) is 31.4. The topological polar surface area (TPSA) is 18.5 Å². The van der Waals surface area contributed by atoms with Gasteiger partial charge in [-0.05, 0) is 6.92 Å². The summed E-state index contributed by atoms with van der Waals surface area (Å²) < 4.78 is 11.1. The maximum atomic E-state index is 5.45. The zero-order valence-corrected chi connectivity index (χ0v) is 8.17. The van der Waals surface area contributed by atoms with Gasteiger partial charge in [-0.15, -0.1) is 23.5 Å². The number of thioether (sulfide) groups is 2. The van der Waals surface area contributed by atoms with Crippen molar-refractivity contribution in [2.24, 2.45) is 0 Å². The first-order valence-electron chi connectivity index (χ1n) is 3.82. The molecule has 64 valence electrons. The van der Waals surface area contributed by atoms with Crippen molar-refractivity contribution >= 4 is 23.5 Å². The average Bonchev–Trinajstić information content (AvgIpc) is 2.45. The Bertz CT molecular complexity index is 135. The number of rotatable bonds is 0. The van der Waals surface area contributed by atoms with E-state index in [1.165, 1.54) is 11.5 Å². The van der Waals surface area contributed by atoms with E-state index in [1.54, 1.807) is 0 Å². The molecule has 0 aromatic carbocycles. The summed E-state index contributed by atoms with van der Waals surface area (Å²) in [6.07, 6.45) is 0.00225. The molecule has 0 saturated carbocycles. The maximum Gasteiger partial charge on any atom is 0.155 e. The summed E-state index contributed by atoms with van der Waals surface area (Å²) in [7, 11) is 0. The first-order chi connectivity index (χ1) is 5.31. The van der Waals surface area contributed by atoms with E-state index in [0.29, 0.717) is 0 Å². The predicted octanol–water partition coefficient (Wildman–Crippen LogP) is 1.56. The molecule has 2 aliphatic rings. The fraction of sp³-hybridized carbons (Fsp3) is 1.00. The summed E-state index contributed by atoms with van der Waals surface area (Å²) in [5.74, 6) is 2.48. The van der Waals surface area contributed by atoms with Gasteiger partial charge in [0.25, 0.3) is 0 Å². The van der Waals surface area contributed by atoms with Gasteiger partial charge >= 0.3 is 0 Å². The van der Waals surface area contributed by atoms with Crippen LogP contribution in [0.1, 0.15) is 6.92 Å². The van der Waals surface area contributed by atoms with E-state index in [2.05, 4.69) is 0 Å². The van der Waals surface area contributed by atoms with Crippen LogP contribution in [0.25, 0.3) is 0 Å². The van der Waals surface area contributed by atoms with Crippen molar-refractivity contribution in [2.75, 3.05) is 24.7 Å². The highest BCUT2D eigenvalue weighted by Crippen LogP contribution is 2.45. The molecule has 2 nitrogen and oxygen atoms in total. The Balaban J connectivity index is 1.94. The molecular formula is C7H12O2S2. The third-order valence-electron chi connectivity index (χ3n) is 1.89. The molecular weight excluding hydrogens is 180 g/mol. The number of hydrogen-bond donors (Lipinski definition) is 0. The lowest BCUT2D eigenvalue weighted by molar-refractivity contribution is -0.168. The molecule has 0 atom stereocenters. The van der Waals surface area contributed by atoms with Gasteiger partial charge in [-0.2, -0.15) is 0 Å². The zero-order valence-electron chi connectivity index (χ0n) is 6.54. The van der Waals surface area contributed by atoms with Crippen LogP contribution in [-0.2, 0) is 9.47 Å². The van der Waals surface area contributed by atoms with E-state index in [0.717, 1.165) is 13.2 Å². The summed E-state index contributed by atoms with van der Waals surface area (Å²) in [5.41, 5.74) is 0. The van der Waals surface area contributed by atoms with Crippen molar-refractivity contribution in [3.8, 4) is 0 Å². The van der Waals surface area contributed by atoms with Gasteiger partial charge < -0.3 is 9.47 Å². The molecule has 0 N–H and O–H groups in total. The molecule has 2 fully saturated rings. The minimum Gasteiger partial charge on any atom is -0.351 e. The van der Waals surface area contributed by atoms with Gasteiger partial charge in [0.1, 0.15) is 4.08 Å². The van der Waals surface area contributed by atoms with E-state index < -0.39 is 0 Å². The first kappa shape index (κ1) is 8.23. The third-order valence-corrected chi connectivity index (χ3v) is 5.20. The molecule has 0 amide bonds. The summed E-state index contributed by atoms with van der Waals surface area (Å²) in [6, 6.07) is 0. The van der Waals surface area contributed by atoms with Crippen molar-refractivity contribution in [1.82, 2.24) is 0 Å². The van der Waals surface area contributed by atoms with Gasteiger partial charge in [-0.3, -0.25) is 0 Å². The molecule has 4 heteroatoms. The van der Waals surface area contributed by atoms with Crippen molar-refractivity contribution in [1.29, 1.82) is 0 Å². The molecule has 0 bridgehead atoms. The second kappa shape index (κ2) is 3.17. The van der Waals surface area contributed by atoms with Gasteiger partial charge in [0.2, 0.25) is 0 Å². The van der Waals surface area contributed by atoms with Gasteiger partial charge in [0, 0.05) is 11.5 Å². The second-order valence-corrected chi connectivity index (χ2v) is 6.01. The summed E-state index contributed by atoms with van der Waals surface area (Å²) in [5, 5.41) is 0. The van der Waals surface area contributed by atoms with Crippen molar-refractivity contribution in [3.63, 3.8) is 0 Å². The van der Waals surface area contributed by atoms with E-state index in [-0.39, 0.29) is 10.4 Å². The Morgan fingerprint density at radius 2 is 1.73 bits per heavy atom. The SMILES string of the molecule is CC1OCC2(CO1)SCCS2. The molecule has 2 rings (SSSR count). The standard InChI is InChI=1S/C7H12O2S2/c1-6-8-4-7(5-9-6)10-2-3-11-7/h6H,2-5H2,1H3. The molecule has 2 aliphatic heterocycles. The Kier molecular flexibility index (Phi) is 2.37. The fourth-order valence-electron chi connectivity index (χ4n) is 1.24. The van der Waals surface area contributed by atoms with Crippen LogP contribution in [0.2, 0.25) is 0 Å². The van der Waals surface area contributed by atoms with Crippen LogP contribution in [0.3, 0.4) is 0 Å². The Labute approximate surface area is 75.4 Å². The molecule has 2 saturated heterocycles. The first-order valence-corrected chi connectivity index (χ1v) is 5.79. The smallest absolute Gasteiger partial charge is 0.155 e. The number of hydrogen-bond acceptors (Lipinski definition) is 4. The van der Waals surface area contributed by atoms with Crippen molar-refractivity contribution < 1.29 is 9.47 Å². The molecule has 0 aromatic rings. The summed E-state index contributed by atoms with van der Waals surface area (Å²) in [6.45, 7) is 3.66. The van der Waals surface area contributed by atoms with Crippen molar-refractivity contribution in [2.45, 2.75) is 17.3 Å². The molecule has 2 heterocycles. The number of ether oxygens (including phenoxy) is 2. The minimum absolute atomic E-state index is 0.00225. The average molecular weight is 192 g/mol. The lowest BCUT2D eigenvalue weighted by Gasteiger charge is -2.34. The largest absolute Gasteiger partial charge is 0.351 e. The van der Waals surface area contributed by atoms with Crippen LogP contribution in [0.5, 0.6) is 0 Å². The van der Waals surface area contributed by atoms with Gasteiger partial charge in [0.05, 0.1) is 13.2 Å². The van der Waals surface area contributed by atoms with Crippen LogP contribution >= 0.6 is 23.5 Å². The quantitative estimate of drug-likeness (QED) is 0.579. The maximum absolute atomic E-state index is 5.45. The molecule has 1 spiro atoms. The molecule has 0 aliphatic carbocycles. The molecule has 0 unspecified atom stereocenters. The lowest BCUT2D eigenvalue weighted by Crippen LogP contribution is -2.40. The molecule has 11 heavy (non-hydrogen) atoms. The Hall–Kier alpha value is 0.620. The van der Waals surface area contributed by atoms with Gasteiger partial charge in [-0.25, -0.2) is 0 Å². The van der Waals surface area contributed by atoms with Gasteiger partial charge in [0.15, 0.2) is 6.29 Å². The lowest BCUT2D eigenvalue weighted by atomic mass is 10.4. The monoisotopic (exact) mass is 192 g/mol. The van der Waals surface area contributed by atoms with E-state index in [9.17, 15) is 0 Å². The van der Waals surface area contributed by atoms with E-state index in [1.807, 2.05) is 30.4 Å². The van der Waals surface area contributed by atoms with Crippen LogP contribution < -0.4 is 0 Å². The summed E-state index contributed by atoms with van der Waals surface area (Å²) in [4.78, 5) is 0. The van der Waals surface area contributed by atoms with Crippen molar-refractivity contribution in [3.05, 3.63) is 0 Å². The predicted molar refractivity (Wildman–Crippen MR) is 49.0 cm³/mol.